The normalized spacial score (nSPS) is 11.7. The highest BCUT2D eigenvalue weighted by atomic mass is 79.9. The molecule has 16 rings (SSSR count). The van der Waals surface area contributed by atoms with Crippen LogP contribution < -0.4 is 0 Å². The van der Waals surface area contributed by atoms with Crippen LogP contribution in [0.15, 0.2) is 297 Å². The van der Waals surface area contributed by atoms with Gasteiger partial charge in [0.2, 0.25) is 0 Å². The van der Waals surface area contributed by atoms with Crippen molar-refractivity contribution in [1.29, 1.82) is 0 Å². The minimum Gasteiger partial charge on any atom is -0.309 e. The fourth-order valence-electron chi connectivity index (χ4n) is 12.1. The molecule has 14 aromatic carbocycles. The van der Waals surface area contributed by atoms with Crippen LogP contribution in [0.1, 0.15) is 0 Å². The van der Waals surface area contributed by atoms with E-state index in [1.165, 1.54) is 131 Å². The van der Waals surface area contributed by atoms with Gasteiger partial charge in [-0.2, -0.15) is 0 Å². The number of fused-ring (bicyclic) bond motifs is 10. The molecule has 0 unspecified atom stereocenters. The predicted octanol–water partition coefficient (Wildman–Crippen LogP) is 23.9. The summed E-state index contributed by atoms with van der Waals surface area (Å²) in [4.78, 5) is 0. The summed E-state index contributed by atoms with van der Waals surface area (Å²) in [7, 11) is 0. The number of halogens is 4. The van der Waals surface area contributed by atoms with Crippen molar-refractivity contribution in [2.75, 3.05) is 0 Å². The molecule has 6 heteroatoms. The summed E-state index contributed by atoms with van der Waals surface area (Å²) in [6, 6.07) is 102. The molecule has 0 spiro atoms. The van der Waals surface area contributed by atoms with E-state index in [9.17, 15) is 0 Å². The molecule has 0 aliphatic carbocycles. The zero-order chi connectivity index (χ0) is 55.0. The molecule has 0 saturated heterocycles. The SMILES string of the molecule is Brc1ccc2ccc(-c3cc(-c4ccc5ccc(Br)cc5c4)cc(-n4c5ccccc5c5ccccc54)c3)cc2c1.Brc1ccc2ccc(-c3cc(-c4ccc5ccc(Br)cc5c4)cc(-n4c5ccccc5c5ccccc54)c3)cc2c1. The summed E-state index contributed by atoms with van der Waals surface area (Å²) in [5.74, 6) is 0. The number of nitrogens with zero attached hydrogens (tertiary/aromatic N) is 2. The van der Waals surface area contributed by atoms with Crippen LogP contribution in [0, 0.1) is 0 Å². The Hall–Kier alpha value is -8.36. The van der Waals surface area contributed by atoms with Crippen LogP contribution in [-0.4, -0.2) is 9.13 Å². The maximum atomic E-state index is 3.66. The van der Waals surface area contributed by atoms with E-state index in [2.05, 4.69) is 352 Å². The van der Waals surface area contributed by atoms with Crippen molar-refractivity contribution in [1.82, 2.24) is 9.13 Å². The molecule has 388 valence electrons. The molecular weight excluding hydrogens is 1260 g/mol. The Labute approximate surface area is 508 Å². The molecule has 2 heterocycles. The van der Waals surface area contributed by atoms with Gasteiger partial charge in [0.15, 0.2) is 0 Å². The van der Waals surface area contributed by atoms with E-state index in [0.29, 0.717) is 0 Å². The highest BCUT2D eigenvalue weighted by Crippen LogP contribution is 2.41. The molecular formula is C76H46Br4N2. The number of aromatic nitrogens is 2. The van der Waals surface area contributed by atoms with Crippen molar-refractivity contribution >= 4 is 150 Å². The number of rotatable bonds is 6. The lowest BCUT2D eigenvalue weighted by atomic mass is 9.95. The lowest BCUT2D eigenvalue weighted by Gasteiger charge is -2.15. The van der Waals surface area contributed by atoms with E-state index >= 15 is 0 Å². The first-order valence-electron chi connectivity index (χ1n) is 27.3. The number of benzene rings is 14. The van der Waals surface area contributed by atoms with E-state index < -0.39 is 0 Å². The fraction of sp³-hybridized carbons (Fsp3) is 0. The third-order valence-electron chi connectivity index (χ3n) is 16.1. The van der Waals surface area contributed by atoms with Gasteiger partial charge in [0, 0.05) is 50.8 Å². The molecule has 0 amide bonds. The molecule has 82 heavy (non-hydrogen) atoms. The second kappa shape index (κ2) is 20.9. The average Bonchev–Trinajstić information content (AvgIpc) is 3.52. The van der Waals surface area contributed by atoms with Gasteiger partial charge in [-0.25, -0.2) is 0 Å². The average molecular weight is 1310 g/mol. The van der Waals surface area contributed by atoms with Gasteiger partial charge < -0.3 is 9.13 Å². The Kier molecular flexibility index (Phi) is 12.9. The summed E-state index contributed by atoms with van der Waals surface area (Å²) in [6.07, 6.45) is 0. The topological polar surface area (TPSA) is 9.86 Å². The van der Waals surface area contributed by atoms with Crippen LogP contribution in [0.5, 0.6) is 0 Å². The van der Waals surface area contributed by atoms with Gasteiger partial charge >= 0.3 is 0 Å². The zero-order valence-corrected chi connectivity index (χ0v) is 50.3. The van der Waals surface area contributed by atoms with E-state index in [1.54, 1.807) is 0 Å². The lowest BCUT2D eigenvalue weighted by Crippen LogP contribution is -1.96. The summed E-state index contributed by atoms with van der Waals surface area (Å²) in [6.45, 7) is 0. The van der Waals surface area contributed by atoms with Crippen LogP contribution in [0.25, 0.3) is 143 Å². The van der Waals surface area contributed by atoms with Crippen LogP contribution >= 0.6 is 63.7 Å². The van der Waals surface area contributed by atoms with E-state index in [4.69, 9.17) is 0 Å². The van der Waals surface area contributed by atoms with E-state index in [0.717, 1.165) is 29.3 Å². The lowest BCUT2D eigenvalue weighted by molar-refractivity contribution is 1.18. The minimum atomic E-state index is 1.09. The Balaban J connectivity index is 0.000000140. The summed E-state index contributed by atoms with van der Waals surface area (Å²) >= 11 is 14.6. The smallest absolute Gasteiger partial charge is 0.0541 e. The van der Waals surface area contributed by atoms with Gasteiger partial charge in [0.25, 0.3) is 0 Å². The van der Waals surface area contributed by atoms with Crippen LogP contribution in [0.3, 0.4) is 0 Å². The quantitative estimate of drug-likeness (QED) is 0.157. The third kappa shape index (κ3) is 9.34. The van der Waals surface area contributed by atoms with Gasteiger partial charge in [-0.15, -0.1) is 0 Å². The fourth-order valence-corrected chi connectivity index (χ4v) is 13.7. The Morgan fingerprint density at radius 3 is 0.671 bits per heavy atom. The van der Waals surface area contributed by atoms with Gasteiger partial charge in [0.05, 0.1) is 22.1 Å². The van der Waals surface area contributed by atoms with Crippen molar-refractivity contribution in [2.24, 2.45) is 0 Å². The minimum absolute atomic E-state index is 1.09. The molecule has 0 saturated carbocycles. The van der Waals surface area contributed by atoms with Crippen molar-refractivity contribution in [3.8, 4) is 55.9 Å². The standard InChI is InChI=1S/2C38H23Br2N/c2*39-32-15-13-24-9-11-26(17-28(24)20-32)30-19-31(27-12-10-25-14-16-33(40)21-29(25)18-27)23-34(22-30)41-37-7-3-1-5-35(37)36-6-2-4-8-38(36)41/h2*1-23H. The monoisotopic (exact) mass is 1300 g/mol. The Morgan fingerprint density at radius 1 is 0.183 bits per heavy atom. The van der Waals surface area contributed by atoms with Gasteiger partial charge in [-0.05, 0) is 221 Å². The molecule has 0 aliphatic rings. The van der Waals surface area contributed by atoms with E-state index in [1.807, 2.05) is 0 Å². The first-order chi connectivity index (χ1) is 40.2. The van der Waals surface area contributed by atoms with Crippen LogP contribution in [-0.2, 0) is 0 Å². The van der Waals surface area contributed by atoms with Crippen molar-refractivity contribution in [2.45, 2.75) is 0 Å². The number of para-hydroxylation sites is 4. The summed E-state index contributed by atoms with van der Waals surface area (Å²) in [5.41, 5.74) is 16.7. The molecule has 0 atom stereocenters. The van der Waals surface area contributed by atoms with E-state index in [-0.39, 0.29) is 0 Å². The van der Waals surface area contributed by atoms with Crippen LogP contribution in [0.2, 0.25) is 0 Å². The van der Waals surface area contributed by atoms with Gasteiger partial charge in [0.1, 0.15) is 0 Å². The van der Waals surface area contributed by atoms with Gasteiger partial charge in [-0.1, -0.05) is 209 Å². The largest absolute Gasteiger partial charge is 0.309 e. The third-order valence-corrected chi connectivity index (χ3v) is 18.0. The van der Waals surface area contributed by atoms with Crippen molar-refractivity contribution in [3.63, 3.8) is 0 Å². The molecule has 2 aromatic heterocycles. The summed E-state index contributed by atoms with van der Waals surface area (Å²) < 4.78 is 9.17. The van der Waals surface area contributed by atoms with Crippen molar-refractivity contribution < 1.29 is 0 Å². The second-order valence-electron chi connectivity index (χ2n) is 21.1. The molecule has 2 nitrogen and oxygen atoms in total. The van der Waals surface area contributed by atoms with Crippen LogP contribution in [0.4, 0.5) is 0 Å². The molecule has 0 N–H and O–H groups in total. The molecule has 0 fully saturated rings. The zero-order valence-electron chi connectivity index (χ0n) is 44.0. The maximum absolute atomic E-state index is 3.66. The number of hydrogen-bond donors (Lipinski definition) is 0. The first kappa shape index (κ1) is 50.6. The highest BCUT2D eigenvalue weighted by molar-refractivity contribution is 9.11. The highest BCUT2D eigenvalue weighted by Gasteiger charge is 2.17. The Bertz CT molecular complexity index is 4600. The molecule has 16 aromatic rings. The maximum Gasteiger partial charge on any atom is 0.0541 e. The molecule has 0 aliphatic heterocycles. The molecule has 0 bridgehead atoms. The first-order valence-corrected chi connectivity index (χ1v) is 30.4. The number of hydrogen-bond acceptors (Lipinski definition) is 0. The molecule has 0 radical (unpaired) electrons. The summed E-state index contributed by atoms with van der Waals surface area (Å²) in [5, 5.41) is 14.9. The second-order valence-corrected chi connectivity index (χ2v) is 24.8. The van der Waals surface area contributed by atoms with Crippen molar-refractivity contribution in [3.05, 3.63) is 297 Å². The Morgan fingerprint density at radius 2 is 0.415 bits per heavy atom. The predicted molar refractivity (Wildman–Crippen MR) is 364 cm³/mol. The van der Waals surface area contributed by atoms with Gasteiger partial charge in [-0.3, -0.25) is 0 Å².